The molecule has 17 heavy (non-hydrogen) atoms. The lowest BCUT2D eigenvalue weighted by Crippen LogP contribution is -2.11. The van der Waals surface area contributed by atoms with Gasteiger partial charge in [-0.3, -0.25) is 0 Å². The highest BCUT2D eigenvalue weighted by Gasteiger charge is 2.22. The van der Waals surface area contributed by atoms with Crippen molar-refractivity contribution < 1.29 is 18.3 Å². The number of carboxylic acid groups (broad SMARTS) is 1. The Bertz CT molecular complexity index is 556. The third-order valence-electron chi connectivity index (χ3n) is 2.66. The van der Waals surface area contributed by atoms with Gasteiger partial charge in [0.25, 0.3) is 0 Å². The zero-order valence-corrected chi connectivity index (χ0v) is 11.1. The van der Waals surface area contributed by atoms with E-state index in [0.29, 0.717) is 11.1 Å². The van der Waals surface area contributed by atoms with Gasteiger partial charge in [0, 0.05) is 6.26 Å². The minimum absolute atomic E-state index is 0.0290. The van der Waals surface area contributed by atoms with Gasteiger partial charge >= 0.3 is 5.97 Å². The van der Waals surface area contributed by atoms with E-state index >= 15 is 0 Å². The fraction of sp³-hybridized carbons (Fsp3) is 0.417. The van der Waals surface area contributed by atoms with Gasteiger partial charge in [-0.1, -0.05) is 19.9 Å². The van der Waals surface area contributed by atoms with Crippen molar-refractivity contribution in [3.8, 4) is 0 Å². The van der Waals surface area contributed by atoms with Gasteiger partial charge in [-0.25, -0.2) is 13.2 Å². The predicted molar refractivity (Wildman–Crippen MR) is 65.3 cm³/mol. The number of hydrogen-bond acceptors (Lipinski definition) is 3. The van der Waals surface area contributed by atoms with E-state index in [2.05, 4.69) is 0 Å². The molecule has 1 aromatic rings. The van der Waals surface area contributed by atoms with Crippen molar-refractivity contribution in [2.45, 2.75) is 31.6 Å². The molecule has 0 radical (unpaired) electrons. The third kappa shape index (κ3) is 2.66. The molecule has 5 heteroatoms. The van der Waals surface area contributed by atoms with E-state index in [1.54, 1.807) is 6.07 Å². The first kappa shape index (κ1) is 13.7. The Hall–Kier alpha value is -1.36. The molecule has 0 heterocycles. The number of carbonyl (C=O) groups is 1. The Morgan fingerprint density at radius 3 is 2.18 bits per heavy atom. The summed E-state index contributed by atoms with van der Waals surface area (Å²) in [5, 5.41) is 8.99. The van der Waals surface area contributed by atoms with Crippen LogP contribution in [0.4, 0.5) is 0 Å². The first-order chi connectivity index (χ1) is 7.66. The molecule has 0 bridgehead atoms. The van der Waals surface area contributed by atoms with Gasteiger partial charge < -0.3 is 5.11 Å². The highest BCUT2D eigenvalue weighted by Crippen LogP contribution is 2.29. The number of aromatic carboxylic acids is 1. The molecular formula is C12H16O4S. The molecule has 0 saturated heterocycles. The molecule has 0 aliphatic heterocycles. The average molecular weight is 256 g/mol. The highest BCUT2D eigenvalue weighted by molar-refractivity contribution is 7.90. The van der Waals surface area contributed by atoms with Crippen molar-refractivity contribution in [3.05, 3.63) is 28.8 Å². The number of hydrogen-bond donors (Lipinski definition) is 1. The van der Waals surface area contributed by atoms with E-state index in [-0.39, 0.29) is 16.4 Å². The van der Waals surface area contributed by atoms with Crippen LogP contribution in [0.15, 0.2) is 17.0 Å². The lowest BCUT2D eigenvalue weighted by Gasteiger charge is -2.15. The molecule has 0 aliphatic carbocycles. The summed E-state index contributed by atoms with van der Waals surface area (Å²) in [6.45, 7) is 5.29. The number of carboxylic acids is 1. The second kappa shape index (κ2) is 4.49. The lowest BCUT2D eigenvalue weighted by atomic mass is 9.98. The van der Waals surface area contributed by atoms with Crippen LogP contribution in [0.1, 0.15) is 41.3 Å². The summed E-state index contributed by atoms with van der Waals surface area (Å²) in [7, 11) is -3.43. The van der Waals surface area contributed by atoms with Crippen LogP contribution in [0.25, 0.3) is 0 Å². The Balaban J connectivity index is 3.72. The van der Waals surface area contributed by atoms with Crippen LogP contribution >= 0.6 is 0 Å². The topological polar surface area (TPSA) is 71.4 Å². The summed E-state index contributed by atoms with van der Waals surface area (Å²) in [6, 6.07) is 3.04. The maximum atomic E-state index is 11.8. The van der Waals surface area contributed by atoms with E-state index in [4.69, 9.17) is 5.11 Å². The van der Waals surface area contributed by atoms with Crippen molar-refractivity contribution in [1.29, 1.82) is 0 Å². The van der Waals surface area contributed by atoms with Crippen LogP contribution in [-0.2, 0) is 9.84 Å². The number of rotatable bonds is 3. The molecule has 0 aliphatic rings. The van der Waals surface area contributed by atoms with Crippen LogP contribution in [0.3, 0.4) is 0 Å². The van der Waals surface area contributed by atoms with Crippen molar-refractivity contribution >= 4 is 15.8 Å². The van der Waals surface area contributed by atoms with Gasteiger partial charge in [0.05, 0.1) is 10.5 Å². The average Bonchev–Trinajstić information content (AvgIpc) is 2.14. The van der Waals surface area contributed by atoms with Crippen molar-refractivity contribution in [2.24, 2.45) is 0 Å². The molecule has 94 valence electrons. The Morgan fingerprint density at radius 1 is 1.29 bits per heavy atom. The largest absolute Gasteiger partial charge is 0.478 e. The second-order valence-corrected chi connectivity index (χ2v) is 6.34. The van der Waals surface area contributed by atoms with Gasteiger partial charge in [0.2, 0.25) is 0 Å². The van der Waals surface area contributed by atoms with E-state index in [1.165, 1.54) is 13.0 Å². The molecule has 0 spiro atoms. The summed E-state index contributed by atoms with van der Waals surface area (Å²) >= 11 is 0. The molecule has 4 nitrogen and oxygen atoms in total. The molecule has 0 atom stereocenters. The second-order valence-electron chi connectivity index (χ2n) is 4.39. The molecule has 0 amide bonds. The maximum absolute atomic E-state index is 11.8. The molecule has 0 aromatic heterocycles. The monoisotopic (exact) mass is 256 g/mol. The van der Waals surface area contributed by atoms with E-state index in [1.807, 2.05) is 13.8 Å². The van der Waals surface area contributed by atoms with Crippen molar-refractivity contribution in [3.63, 3.8) is 0 Å². The Morgan fingerprint density at radius 2 is 1.82 bits per heavy atom. The zero-order valence-electron chi connectivity index (χ0n) is 10.3. The van der Waals surface area contributed by atoms with E-state index in [0.717, 1.165) is 6.26 Å². The molecule has 1 N–H and O–H groups in total. The van der Waals surface area contributed by atoms with Crippen LogP contribution in [0.5, 0.6) is 0 Å². The molecule has 1 aromatic carbocycles. The minimum atomic E-state index is -3.43. The summed E-state index contributed by atoms with van der Waals surface area (Å²) in [5.41, 5.74) is 1.01. The smallest absolute Gasteiger partial charge is 0.335 e. The van der Waals surface area contributed by atoms with Gasteiger partial charge in [0.1, 0.15) is 0 Å². The fourth-order valence-corrected chi connectivity index (χ4v) is 3.29. The van der Waals surface area contributed by atoms with Crippen LogP contribution in [0, 0.1) is 6.92 Å². The molecular weight excluding hydrogens is 240 g/mol. The van der Waals surface area contributed by atoms with Crippen LogP contribution in [0.2, 0.25) is 0 Å². The van der Waals surface area contributed by atoms with Crippen molar-refractivity contribution in [2.75, 3.05) is 6.26 Å². The molecule has 0 saturated carbocycles. The standard InChI is InChI=1S/C12H16O4S/c1-7(2)9-5-6-10(12(13)14)8(3)11(9)17(4,15)16/h5-7H,1-4H3,(H,13,14). The lowest BCUT2D eigenvalue weighted by molar-refractivity contribution is 0.0695. The maximum Gasteiger partial charge on any atom is 0.335 e. The number of sulfone groups is 1. The number of benzene rings is 1. The normalized spacial score (nSPS) is 11.8. The summed E-state index contributed by atoms with van der Waals surface area (Å²) in [4.78, 5) is 11.1. The highest BCUT2D eigenvalue weighted by atomic mass is 32.2. The quantitative estimate of drug-likeness (QED) is 0.900. The van der Waals surface area contributed by atoms with E-state index in [9.17, 15) is 13.2 Å². The third-order valence-corrected chi connectivity index (χ3v) is 3.94. The van der Waals surface area contributed by atoms with Gasteiger partial charge in [-0.15, -0.1) is 0 Å². The van der Waals surface area contributed by atoms with Gasteiger partial charge in [0.15, 0.2) is 9.84 Å². The molecule has 0 fully saturated rings. The zero-order chi connectivity index (χ0) is 13.4. The van der Waals surface area contributed by atoms with Gasteiger partial charge in [-0.2, -0.15) is 0 Å². The summed E-state index contributed by atoms with van der Waals surface area (Å²) in [5.74, 6) is -1.08. The molecule has 1 rings (SSSR count). The van der Waals surface area contributed by atoms with Crippen LogP contribution < -0.4 is 0 Å². The summed E-state index contributed by atoms with van der Waals surface area (Å²) < 4.78 is 23.5. The fourth-order valence-electron chi connectivity index (χ4n) is 1.89. The Labute approximate surface area is 101 Å². The SMILES string of the molecule is Cc1c(C(=O)O)ccc(C(C)C)c1S(C)(=O)=O. The van der Waals surface area contributed by atoms with Crippen molar-refractivity contribution in [1.82, 2.24) is 0 Å². The van der Waals surface area contributed by atoms with Gasteiger partial charge in [-0.05, 0) is 30.0 Å². The Kier molecular flexibility index (Phi) is 3.62. The predicted octanol–water partition coefficient (Wildman–Crippen LogP) is 2.22. The summed E-state index contributed by atoms with van der Waals surface area (Å²) in [6.07, 6.45) is 1.10. The van der Waals surface area contributed by atoms with E-state index < -0.39 is 15.8 Å². The minimum Gasteiger partial charge on any atom is -0.478 e. The first-order valence-corrected chi connectivity index (χ1v) is 7.12. The van der Waals surface area contributed by atoms with Crippen LogP contribution in [-0.4, -0.2) is 25.7 Å². The molecule has 0 unspecified atom stereocenters. The first-order valence-electron chi connectivity index (χ1n) is 5.23.